The van der Waals surface area contributed by atoms with Gasteiger partial charge in [0.2, 0.25) is 0 Å². The minimum atomic E-state index is -0.00316. The molecule has 1 nitrogen and oxygen atoms in total. The van der Waals surface area contributed by atoms with Crippen molar-refractivity contribution in [3.8, 4) is 33.4 Å². The molecule has 5 aromatic rings. The van der Waals surface area contributed by atoms with Crippen LogP contribution < -0.4 is 0 Å². The molecule has 0 bridgehead atoms. The Hall–Kier alpha value is -4.23. The predicted molar refractivity (Wildman–Crippen MR) is 157 cm³/mol. The molecule has 0 saturated carbocycles. The first-order valence-electron chi connectivity index (χ1n) is 13.0. The van der Waals surface area contributed by atoms with Gasteiger partial charge in [-0.3, -0.25) is 4.99 Å². The highest BCUT2D eigenvalue weighted by molar-refractivity contribution is 6.06. The van der Waals surface area contributed by atoms with Gasteiger partial charge in [0.25, 0.3) is 0 Å². The average molecular weight is 478 g/mol. The van der Waals surface area contributed by atoms with E-state index in [4.69, 9.17) is 4.99 Å². The van der Waals surface area contributed by atoms with Crippen LogP contribution in [-0.2, 0) is 12.0 Å². The molecule has 0 amide bonds. The molecule has 0 saturated heterocycles. The maximum absolute atomic E-state index is 5.15. The molecule has 1 aliphatic carbocycles. The second kappa shape index (κ2) is 9.33. The van der Waals surface area contributed by atoms with Crippen LogP contribution in [0.1, 0.15) is 43.0 Å². The van der Waals surface area contributed by atoms with Crippen molar-refractivity contribution in [1.82, 2.24) is 0 Å². The third kappa shape index (κ3) is 4.21. The maximum atomic E-state index is 5.15. The Bertz CT molecular complexity index is 1550. The maximum Gasteiger partial charge on any atom is 0.0643 e. The zero-order valence-corrected chi connectivity index (χ0v) is 21.7. The Morgan fingerprint density at radius 1 is 0.595 bits per heavy atom. The summed E-state index contributed by atoms with van der Waals surface area (Å²) in [6.45, 7) is 7.45. The van der Waals surface area contributed by atoms with Crippen molar-refractivity contribution in [2.45, 2.75) is 32.7 Å². The van der Waals surface area contributed by atoms with E-state index < -0.39 is 0 Å². The summed E-state index contributed by atoms with van der Waals surface area (Å²) < 4.78 is 0. The average Bonchev–Trinajstić information content (AvgIpc) is 3.19. The molecule has 0 atom stereocenters. The van der Waals surface area contributed by atoms with E-state index in [1.807, 2.05) is 0 Å². The first-order chi connectivity index (χ1) is 18.0. The minimum absolute atomic E-state index is 0.00316. The fourth-order valence-corrected chi connectivity index (χ4v) is 5.73. The van der Waals surface area contributed by atoms with Crippen molar-refractivity contribution in [2.75, 3.05) is 0 Å². The summed E-state index contributed by atoms with van der Waals surface area (Å²) in [4.78, 5) is 5.15. The highest BCUT2D eigenvalue weighted by Gasteiger charge is 2.36. The van der Waals surface area contributed by atoms with Crippen LogP contribution >= 0.6 is 0 Å². The Balaban J connectivity index is 1.41. The minimum Gasteiger partial charge on any atom is -0.285 e. The summed E-state index contributed by atoms with van der Waals surface area (Å²) in [5.41, 5.74) is 13.9. The molecule has 6 rings (SSSR count). The van der Waals surface area contributed by atoms with E-state index in [2.05, 4.69) is 142 Å². The smallest absolute Gasteiger partial charge is 0.0643 e. The molecule has 0 unspecified atom stereocenters. The second-order valence-corrected chi connectivity index (χ2v) is 10.5. The van der Waals surface area contributed by atoms with Crippen LogP contribution in [0.15, 0.2) is 126 Å². The highest BCUT2D eigenvalue weighted by Crippen LogP contribution is 2.49. The summed E-state index contributed by atoms with van der Waals surface area (Å²) >= 11 is 0. The summed E-state index contributed by atoms with van der Waals surface area (Å²) in [7, 11) is 0. The third-order valence-corrected chi connectivity index (χ3v) is 7.70. The van der Waals surface area contributed by atoms with E-state index in [0.717, 1.165) is 5.71 Å². The fraction of sp³-hybridized carbons (Fsp3) is 0.139. The predicted octanol–water partition coefficient (Wildman–Crippen LogP) is 9.34. The Morgan fingerprint density at radius 2 is 1.16 bits per heavy atom. The van der Waals surface area contributed by atoms with E-state index in [9.17, 15) is 0 Å². The number of aliphatic imine (C=N–C) groups is 1. The van der Waals surface area contributed by atoms with Gasteiger partial charge in [-0.15, -0.1) is 0 Å². The molecule has 0 aromatic heterocycles. The van der Waals surface area contributed by atoms with Gasteiger partial charge in [-0.05, 0) is 75.2 Å². The number of nitrogens with zero attached hydrogens (tertiary/aromatic N) is 1. The molecule has 180 valence electrons. The number of rotatable bonds is 5. The van der Waals surface area contributed by atoms with Crippen molar-refractivity contribution in [3.05, 3.63) is 144 Å². The molecular formula is C36H31N. The SMILES string of the molecule is CC(=NCc1cc(-c2ccccc2)cc(-c2ccccc2)c1)c1cccc2c1-c1ccccc1C2(C)C. The Kier molecular flexibility index (Phi) is 5.85. The number of hydrogen-bond acceptors (Lipinski definition) is 1. The summed E-state index contributed by atoms with van der Waals surface area (Å²) in [5.74, 6) is 0. The Labute approximate surface area is 220 Å². The first-order valence-corrected chi connectivity index (χ1v) is 13.0. The molecule has 0 heterocycles. The van der Waals surface area contributed by atoms with E-state index in [0.29, 0.717) is 6.54 Å². The van der Waals surface area contributed by atoms with Crippen molar-refractivity contribution in [1.29, 1.82) is 0 Å². The largest absolute Gasteiger partial charge is 0.285 e. The molecule has 0 aliphatic heterocycles. The van der Waals surface area contributed by atoms with Gasteiger partial charge in [0.05, 0.1) is 6.54 Å². The van der Waals surface area contributed by atoms with Gasteiger partial charge in [0, 0.05) is 16.7 Å². The van der Waals surface area contributed by atoms with E-state index in [1.165, 1.54) is 55.6 Å². The molecular weight excluding hydrogens is 446 g/mol. The zero-order valence-electron chi connectivity index (χ0n) is 21.7. The topological polar surface area (TPSA) is 12.4 Å². The first kappa shape index (κ1) is 23.2. The summed E-state index contributed by atoms with van der Waals surface area (Å²) in [6.07, 6.45) is 0. The second-order valence-electron chi connectivity index (χ2n) is 10.5. The van der Waals surface area contributed by atoms with Crippen LogP contribution in [0.4, 0.5) is 0 Å². The van der Waals surface area contributed by atoms with Gasteiger partial charge < -0.3 is 0 Å². The summed E-state index contributed by atoms with van der Waals surface area (Å²) in [5, 5.41) is 0. The molecule has 0 fully saturated rings. The normalized spacial score (nSPS) is 13.8. The molecule has 0 radical (unpaired) electrons. The van der Waals surface area contributed by atoms with Crippen molar-refractivity contribution in [2.24, 2.45) is 4.99 Å². The lowest BCUT2D eigenvalue weighted by Crippen LogP contribution is -2.15. The van der Waals surface area contributed by atoms with Crippen molar-refractivity contribution >= 4 is 5.71 Å². The zero-order chi connectivity index (χ0) is 25.4. The van der Waals surface area contributed by atoms with Gasteiger partial charge in [0.1, 0.15) is 0 Å². The number of hydrogen-bond donors (Lipinski definition) is 0. The van der Waals surface area contributed by atoms with Gasteiger partial charge in [-0.1, -0.05) is 117 Å². The summed E-state index contributed by atoms with van der Waals surface area (Å²) in [6, 6.07) is 43.6. The number of fused-ring (bicyclic) bond motifs is 3. The lowest BCUT2D eigenvalue weighted by molar-refractivity contribution is 0.660. The van der Waals surface area contributed by atoms with Crippen molar-refractivity contribution < 1.29 is 0 Å². The fourth-order valence-electron chi connectivity index (χ4n) is 5.73. The van der Waals surface area contributed by atoms with E-state index >= 15 is 0 Å². The monoisotopic (exact) mass is 477 g/mol. The van der Waals surface area contributed by atoms with Crippen LogP contribution in [0.25, 0.3) is 33.4 Å². The van der Waals surface area contributed by atoms with Gasteiger partial charge in [0.15, 0.2) is 0 Å². The van der Waals surface area contributed by atoms with Crippen LogP contribution in [-0.4, -0.2) is 5.71 Å². The van der Waals surface area contributed by atoms with E-state index in [1.54, 1.807) is 0 Å². The standard InChI is InChI=1S/C36H31N/c1-25(31-18-12-20-34-35(31)32-17-10-11-19-33(32)36(34,2)3)37-24-26-21-29(27-13-6-4-7-14-27)23-30(22-26)28-15-8-5-9-16-28/h4-23H,24H2,1-3H3. The van der Waals surface area contributed by atoms with Crippen molar-refractivity contribution in [3.63, 3.8) is 0 Å². The van der Waals surface area contributed by atoms with Crippen LogP contribution in [0.5, 0.6) is 0 Å². The van der Waals surface area contributed by atoms with Crippen LogP contribution in [0, 0.1) is 0 Å². The van der Waals surface area contributed by atoms with Crippen LogP contribution in [0.3, 0.4) is 0 Å². The molecule has 0 spiro atoms. The highest BCUT2D eigenvalue weighted by atomic mass is 14.7. The van der Waals surface area contributed by atoms with Gasteiger partial charge >= 0.3 is 0 Å². The third-order valence-electron chi connectivity index (χ3n) is 7.70. The quantitative estimate of drug-likeness (QED) is 0.224. The molecule has 1 aliphatic rings. The lowest BCUT2D eigenvalue weighted by Gasteiger charge is -2.21. The van der Waals surface area contributed by atoms with E-state index in [-0.39, 0.29) is 5.41 Å². The molecule has 1 heteroatoms. The van der Waals surface area contributed by atoms with Gasteiger partial charge in [-0.2, -0.15) is 0 Å². The molecule has 37 heavy (non-hydrogen) atoms. The van der Waals surface area contributed by atoms with Crippen LogP contribution in [0.2, 0.25) is 0 Å². The molecule has 5 aromatic carbocycles. The Morgan fingerprint density at radius 3 is 1.81 bits per heavy atom. The molecule has 0 N–H and O–H groups in total. The lowest BCUT2D eigenvalue weighted by atomic mass is 9.82. The van der Waals surface area contributed by atoms with Gasteiger partial charge in [-0.25, -0.2) is 0 Å². The number of benzene rings is 5.